The van der Waals surface area contributed by atoms with Crippen molar-refractivity contribution in [2.24, 2.45) is 0 Å². The number of aliphatic carboxylic acids is 1. The number of hydrogen-bond acceptors (Lipinski definition) is 3. The molecule has 0 aliphatic rings. The molecule has 0 radical (unpaired) electrons. The highest BCUT2D eigenvalue weighted by molar-refractivity contribution is 5.79. The second-order valence-electron chi connectivity index (χ2n) is 5.13. The number of rotatable bonds is 9. The lowest BCUT2D eigenvalue weighted by Gasteiger charge is -2.14. The zero-order valence-electron chi connectivity index (χ0n) is 12.5. The zero-order chi connectivity index (χ0) is 15.7. The number of carbonyl (C=O) groups is 2. The Hall–Kier alpha value is -1.88. The van der Waals surface area contributed by atoms with Crippen molar-refractivity contribution in [3.8, 4) is 0 Å². The van der Waals surface area contributed by atoms with Gasteiger partial charge in [0, 0.05) is 19.6 Å². The molecule has 21 heavy (non-hydrogen) atoms. The molecule has 5 nitrogen and oxygen atoms in total. The van der Waals surface area contributed by atoms with Crippen LogP contribution < -0.4 is 5.32 Å². The number of amides is 1. The lowest BCUT2D eigenvalue weighted by molar-refractivity contribution is -0.138. The van der Waals surface area contributed by atoms with E-state index in [2.05, 4.69) is 5.32 Å². The Morgan fingerprint density at radius 3 is 2.48 bits per heavy atom. The molecular formula is C16H23NO4. The summed E-state index contributed by atoms with van der Waals surface area (Å²) in [4.78, 5) is 23.0. The average Bonchev–Trinajstić information content (AvgIpc) is 2.44. The van der Waals surface area contributed by atoms with Crippen LogP contribution in [0.5, 0.6) is 0 Å². The van der Waals surface area contributed by atoms with Crippen LogP contribution in [0, 0.1) is 0 Å². The van der Waals surface area contributed by atoms with Crippen molar-refractivity contribution in [1.29, 1.82) is 0 Å². The minimum atomic E-state index is -0.940. The van der Waals surface area contributed by atoms with Crippen LogP contribution in [0.15, 0.2) is 30.3 Å². The fourth-order valence-corrected chi connectivity index (χ4v) is 1.89. The van der Waals surface area contributed by atoms with Crippen molar-refractivity contribution in [3.63, 3.8) is 0 Å². The summed E-state index contributed by atoms with van der Waals surface area (Å²) in [5, 5.41) is 11.9. The molecule has 1 aromatic rings. The third kappa shape index (κ3) is 6.90. The van der Waals surface area contributed by atoms with Crippen molar-refractivity contribution in [2.75, 3.05) is 13.2 Å². The molecular weight excluding hydrogens is 270 g/mol. The largest absolute Gasteiger partial charge is 0.481 e. The summed E-state index contributed by atoms with van der Waals surface area (Å²) in [6.07, 6.45) is 1.13. The highest BCUT2D eigenvalue weighted by atomic mass is 16.5. The first-order chi connectivity index (χ1) is 10.0. The third-order valence-electron chi connectivity index (χ3n) is 3.00. The first-order valence-corrected chi connectivity index (χ1v) is 7.16. The second-order valence-corrected chi connectivity index (χ2v) is 5.13. The minimum absolute atomic E-state index is 0.100. The van der Waals surface area contributed by atoms with Gasteiger partial charge in [-0.05, 0) is 25.8 Å². The van der Waals surface area contributed by atoms with Crippen molar-refractivity contribution >= 4 is 11.9 Å². The smallest absolute Gasteiger partial charge is 0.312 e. The lowest BCUT2D eigenvalue weighted by Crippen LogP contribution is -2.31. The van der Waals surface area contributed by atoms with E-state index in [1.54, 1.807) is 24.3 Å². The van der Waals surface area contributed by atoms with Crippen LogP contribution in [0.25, 0.3) is 0 Å². The number of carboxylic acid groups (broad SMARTS) is 1. The molecule has 0 saturated carbocycles. The predicted octanol–water partition coefficient (Wildman–Crippen LogP) is 2.18. The Labute approximate surface area is 125 Å². The molecule has 0 spiro atoms. The van der Waals surface area contributed by atoms with Gasteiger partial charge in [-0.15, -0.1) is 0 Å². The van der Waals surface area contributed by atoms with Crippen molar-refractivity contribution in [1.82, 2.24) is 5.32 Å². The van der Waals surface area contributed by atoms with Gasteiger partial charge < -0.3 is 15.2 Å². The molecule has 0 heterocycles. The molecule has 0 aliphatic heterocycles. The third-order valence-corrected chi connectivity index (χ3v) is 3.00. The molecule has 5 heteroatoms. The van der Waals surface area contributed by atoms with E-state index in [0.29, 0.717) is 25.0 Å². The maximum atomic E-state index is 11.7. The fourth-order valence-electron chi connectivity index (χ4n) is 1.89. The molecule has 0 aromatic heterocycles. The number of ether oxygens (including phenoxy) is 1. The molecule has 0 bridgehead atoms. The van der Waals surface area contributed by atoms with Gasteiger partial charge in [0.1, 0.15) is 0 Å². The van der Waals surface area contributed by atoms with E-state index in [-0.39, 0.29) is 18.6 Å². The number of hydrogen-bond donors (Lipinski definition) is 2. The standard InChI is InChI=1S/C16H23NO4/c1-12(2)21-10-6-9-15(18)17-11-14(16(19)20)13-7-4-3-5-8-13/h3-5,7-8,12,14H,6,9-11H2,1-2H3,(H,17,18)(H,19,20). The Morgan fingerprint density at radius 2 is 1.90 bits per heavy atom. The van der Waals surface area contributed by atoms with Crippen LogP contribution in [0.2, 0.25) is 0 Å². The van der Waals surface area contributed by atoms with E-state index in [9.17, 15) is 14.7 Å². The van der Waals surface area contributed by atoms with Crippen LogP contribution in [0.3, 0.4) is 0 Å². The Morgan fingerprint density at radius 1 is 1.24 bits per heavy atom. The lowest BCUT2D eigenvalue weighted by atomic mass is 9.99. The summed E-state index contributed by atoms with van der Waals surface area (Å²) >= 11 is 0. The molecule has 0 saturated heterocycles. The van der Waals surface area contributed by atoms with Crippen LogP contribution in [-0.4, -0.2) is 36.2 Å². The van der Waals surface area contributed by atoms with Gasteiger partial charge in [-0.25, -0.2) is 0 Å². The summed E-state index contributed by atoms with van der Waals surface area (Å²) < 4.78 is 5.35. The molecule has 1 atom stereocenters. The van der Waals surface area contributed by atoms with Crippen LogP contribution in [0.4, 0.5) is 0 Å². The molecule has 1 amide bonds. The molecule has 0 fully saturated rings. The number of nitrogens with one attached hydrogen (secondary N) is 1. The van der Waals surface area contributed by atoms with Gasteiger partial charge in [0.05, 0.1) is 12.0 Å². The average molecular weight is 293 g/mol. The van der Waals surface area contributed by atoms with Gasteiger partial charge in [-0.3, -0.25) is 9.59 Å². The monoisotopic (exact) mass is 293 g/mol. The van der Waals surface area contributed by atoms with Crippen molar-refractivity contribution in [3.05, 3.63) is 35.9 Å². The summed E-state index contributed by atoms with van der Waals surface area (Å²) in [5.74, 6) is -1.81. The van der Waals surface area contributed by atoms with Gasteiger partial charge in [0.2, 0.25) is 5.91 Å². The van der Waals surface area contributed by atoms with E-state index >= 15 is 0 Å². The van der Waals surface area contributed by atoms with Crippen molar-refractivity contribution < 1.29 is 19.4 Å². The van der Waals surface area contributed by atoms with E-state index < -0.39 is 11.9 Å². The Balaban J connectivity index is 2.37. The molecule has 116 valence electrons. The highest BCUT2D eigenvalue weighted by Gasteiger charge is 2.20. The van der Waals surface area contributed by atoms with Crippen molar-refractivity contribution in [2.45, 2.75) is 38.7 Å². The van der Waals surface area contributed by atoms with E-state index in [1.165, 1.54) is 0 Å². The zero-order valence-corrected chi connectivity index (χ0v) is 12.5. The number of carbonyl (C=O) groups excluding carboxylic acids is 1. The Kier molecular flexibility index (Phi) is 7.46. The molecule has 1 aromatic carbocycles. The van der Waals surface area contributed by atoms with Gasteiger partial charge in [-0.2, -0.15) is 0 Å². The van der Waals surface area contributed by atoms with Gasteiger partial charge in [0.15, 0.2) is 0 Å². The van der Waals surface area contributed by atoms with Gasteiger partial charge in [0.25, 0.3) is 0 Å². The first kappa shape index (κ1) is 17.2. The summed E-state index contributed by atoms with van der Waals surface area (Å²) in [5.41, 5.74) is 0.688. The molecule has 2 N–H and O–H groups in total. The minimum Gasteiger partial charge on any atom is -0.481 e. The SMILES string of the molecule is CC(C)OCCCC(=O)NCC(C(=O)O)c1ccccc1. The second kappa shape index (κ2) is 9.13. The molecule has 0 aliphatic carbocycles. The van der Waals surface area contributed by atoms with Crippen LogP contribution in [-0.2, 0) is 14.3 Å². The van der Waals surface area contributed by atoms with Gasteiger partial charge >= 0.3 is 5.97 Å². The maximum Gasteiger partial charge on any atom is 0.312 e. The number of benzene rings is 1. The number of carboxylic acids is 1. The Bertz CT molecular complexity index is 445. The first-order valence-electron chi connectivity index (χ1n) is 7.16. The normalized spacial score (nSPS) is 12.1. The van der Waals surface area contributed by atoms with Crippen LogP contribution in [0.1, 0.15) is 38.2 Å². The summed E-state index contributed by atoms with van der Waals surface area (Å²) in [7, 11) is 0. The summed E-state index contributed by atoms with van der Waals surface area (Å²) in [6, 6.07) is 8.91. The predicted molar refractivity (Wildman–Crippen MR) is 80.2 cm³/mol. The topological polar surface area (TPSA) is 75.6 Å². The molecule has 1 rings (SSSR count). The fraction of sp³-hybridized carbons (Fsp3) is 0.500. The van der Waals surface area contributed by atoms with Crippen LogP contribution >= 0.6 is 0 Å². The van der Waals surface area contributed by atoms with E-state index in [0.717, 1.165) is 0 Å². The maximum absolute atomic E-state index is 11.7. The highest BCUT2D eigenvalue weighted by Crippen LogP contribution is 2.14. The molecule has 1 unspecified atom stereocenters. The summed E-state index contributed by atoms with van der Waals surface area (Å²) in [6.45, 7) is 4.52. The van der Waals surface area contributed by atoms with E-state index in [4.69, 9.17) is 4.74 Å². The van der Waals surface area contributed by atoms with E-state index in [1.807, 2.05) is 19.9 Å². The quantitative estimate of drug-likeness (QED) is 0.684. The van der Waals surface area contributed by atoms with Gasteiger partial charge in [-0.1, -0.05) is 30.3 Å².